The summed E-state index contributed by atoms with van der Waals surface area (Å²) in [6, 6.07) is 30.3. The van der Waals surface area contributed by atoms with Gasteiger partial charge in [0.1, 0.15) is 0 Å². The number of rotatable bonds is 2. The van der Waals surface area contributed by atoms with Crippen molar-refractivity contribution in [3.05, 3.63) is 107 Å². The molecule has 2 aliphatic rings. The summed E-state index contributed by atoms with van der Waals surface area (Å²) in [5.41, 5.74) is 12.9. The van der Waals surface area contributed by atoms with Crippen LogP contribution in [-0.2, 0) is 12.8 Å². The van der Waals surface area contributed by atoms with Gasteiger partial charge in [-0.15, -0.1) is 0 Å². The Labute approximate surface area is 164 Å². The molecule has 0 saturated carbocycles. The standard InChI is InChI=1S/C26H20N2/c27-28(25-13-5-11-21-19-9-3-1-7-17(19)15-23(21)25)26-14-6-12-22-20-10-4-2-8-18(20)16-24(22)26/h1-14H,15-16,27H2. The maximum Gasteiger partial charge on any atom is 0.0616 e. The summed E-state index contributed by atoms with van der Waals surface area (Å²) in [6.45, 7) is 0. The highest BCUT2D eigenvalue weighted by atomic mass is 15.4. The van der Waals surface area contributed by atoms with Gasteiger partial charge in [0.2, 0.25) is 0 Å². The van der Waals surface area contributed by atoms with Crippen molar-refractivity contribution in [2.75, 3.05) is 5.01 Å². The third kappa shape index (κ3) is 2.12. The number of hydrogen-bond acceptors (Lipinski definition) is 2. The Hall–Kier alpha value is -3.36. The van der Waals surface area contributed by atoms with Gasteiger partial charge in [-0.1, -0.05) is 72.8 Å². The van der Waals surface area contributed by atoms with Gasteiger partial charge >= 0.3 is 0 Å². The Bertz CT molecular complexity index is 1140. The zero-order chi connectivity index (χ0) is 18.7. The highest BCUT2D eigenvalue weighted by molar-refractivity contribution is 5.87. The first kappa shape index (κ1) is 15.7. The molecule has 0 heterocycles. The molecule has 0 unspecified atom stereocenters. The molecule has 2 N–H and O–H groups in total. The van der Waals surface area contributed by atoms with Gasteiger partial charge in [0, 0.05) is 12.8 Å². The first-order valence-electron chi connectivity index (χ1n) is 9.76. The first-order valence-corrected chi connectivity index (χ1v) is 9.76. The molecule has 0 saturated heterocycles. The molecular formula is C26H20N2. The van der Waals surface area contributed by atoms with E-state index in [9.17, 15) is 0 Å². The summed E-state index contributed by atoms with van der Waals surface area (Å²) in [5.74, 6) is 6.77. The zero-order valence-corrected chi connectivity index (χ0v) is 15.5. The molecule has 2 aliphatic carbocycles. The summed E-state index contributed by atoms with van der Waals surface area (Å²) >= 11 is 0. The number of nitrogens with zero attached hydrogens (tertiary/aromatic N) is 1. The molecule has 0 amide bonds. The van der Waals surface area contributed by atoms with Crippen LogP contribution < -0.4 is 10.9 Å². The molecule has 4 aromatic rings. The van der Waals surface area contributed by atoms with Crippen LogP contribution in [0.15, 0.2) is 84.9 Å². The zero-order valence-electron chi connectivity index (χ0n) is 15.5. The van der Waals surface area contributed by atoms with E-state index in [0.29, 0.717) is 0 Å². The van der Waals surface area contributed by atoms with Gasteiger partial charge in [-0.3, -0.25) is 5.01 Å². The van der Waals surface area contributed by atoms with E-state index >= 15 is 0 Å². The second kappa shape index (κ2) is 5.82. The van der Waals surface area contributed by atoms with Crippen LogP contribution in [0.25, 0.3) is 22.3 Å². The highest BCUT2D eigenvalue weighted by Crippen LogP contribution is 2.45. The van der Waals surface area contributed by atoms with E-state index in [1.807, 2.05) is 5.01 Å². The number of hydrogen-bond donors (Lipinski definition) is 1. The second-order valence-electron chi connectivity index (χ2n) is 7.64. The number of anilines is 2. The van der Waals surface area contributed by atoms with E-state index < -0.39 is 0 Å². The van der Waals surface area contributed by atoms with Crippen molar-refractivity contribution in [1.82, 2.24) is 0 Å². The van der Waals surface area contributed by atoms with Crippen molar-refractivity contribution in [2.24, 2.45) is 5.84 Å². The Morgan fingerprint density at radius 2 is 0.929 bits per heavy atom. The molecule has 0 spiro atoms. The van der Waals surface area contributed by atoms with Crippen molar-refractivity contribution in [3.63, 3.8) is 0 Å². The number of hydrazine groups is 1. The topological polar surface area (TPSA) is 29.3 Å². The predicted molar refractivity (Wildman–Crippen MR) is 116 cm³/mol. The Morgan fingerprint density at radius 1 is 0.500 bits per heavy atom. The Kier molecular flexibility index (Phi) is 3.26. The van der Waals surface area contributed by atoms with Crippen LogP contribution in [0.1, 0.15) is 22.3 Å². The molecule has 0 bridgehead atoms. The van der Waals surface area contributed by atoms with Gasteiger partial charge < -0.3 is 0 Å². The molecule has 4 aromatic carbocycles. The SMILES string of the molecule is NN(c1cccc2c1Cc1ccccc1-2)c1cccc2c1Cc1ccccc1-2. The van der Waals surface area contributed by atoms with E-state index in [1.165, 1.54) is 44.5 Å². The normalized spacial score (nSPS) is 12.9. The lowest BCUT2D eigenvalue weighted by Crippen LogP contribution is -2.27. The molecule has 6 rings (SSSR count). The fourth-order valence-electron chi connectivity index (χ4n) is 4.86. The van der Waals surface area contributed by atoms with E-state index in [0.717, 1.165) is 24.2 Å². The molecule has 0 radical (unpaired) electrons. The number of nitrogens with two attached hydrogens (primary N) is 1. The van der Waals surface area contributed by atoms with Gasteiger partial charge in [0.25, 0.3) is 0 Å². The lowest BCUT2D eigenvalue weighted by atomic mass is 10.0. The fourth-order valence-corrected chi connectivity index (χ4v) is 4.86. The third-order valence-electron chi connectivity index (χ3n) is 6.17. The van der Waals surface area contributed by atoms with Crippen molar-refractivity contribution >= 4 is 11.4 Å². The lowest BCUT2D eigenvalue weighted by molar-refractivity contribution is 1.04. The van der Waals surface area contributed by atoms with Crippen LogP contribution >= 0.6 is 0 Å². The largest absolute Gasteiger partial charge is 0.279 e. The van der Waals surface area contributed by atoms with Crippen LogP contribution in [0.3, 0.4) is 0 Å². The van der Waals surface area contributed by atoms with Gasteiger partial charge in [0.05, 0.1) is 11.4 Å². The molecule has 0 atom stereocenters. The number of benzene rings is 4. The van der Waals surface area contributed by atoms with Crippen LogP contribution in [0.2, 0.25) is 0 Å². The minimum atomic E-state index is 0.935. The summed E-state index contributed by atoms with van der Waals surface area (Å²) in [5, 5.41) is 1.90. The van der Waals surface area contributed by atoms with Gasteiger partial charge in [0.15, 0.2) is 0 Å². The summed E-state index contributed by atoms with van der Waals surface area (Å²) < 4.78 is 0. The monoisotopic (exact) mass is 360 g/mol. The second-order valence-corrected chi connectivity index (χ2v) is 7.64. The summed E-state index contributed by atoms with van der Waals surface area (Å²) in [4.78, 5) is 0. The smallest absolute Gasteiger partial charge is 0.0616 e. The predicted octanol–water partition coefficient (Wildman–Crippen LogP) is 5.84. The fraction of sp³-hybridized carbons (Fsp3) is 0.0769. The molecule has 2 heteroatoms. The van der Waals surface area contributed by atoms with Gasteiger partial charge in [-0.25, -0.2) is 5.84 Å². The maximum atomic E-state index is 6.77. The van der Waals surface area contributed by atoms with Crippen molar-refractivity contribution < 1.29 is 0 Å². The van der Waals surface area contributed by atoms with Gasteiger partial charge in [-0.2, -0.15) is 0 Å². The van der Waals surface area contributed by atoms with Crippen molar-refractivity contribution in [1.29, 1.82) is 0 Å². The van der Waals surface area contributed by atoms with Crippen LogP contribution in [0, 0.1) is 0 Å². The quantitative estimate of drug-likeness (QED) is 0.310. The lowest BCUT2D eigenvalue weighted by Gasteiger charge is -2.24. The van der Waals surface area contributed by atoms with E-state index in [4.69, 9.17) is 5.84 Å². The van der Waals surface area contributed by atoms with E-state index in [2.05, 4.69) is 84.9 Å². The van der Waals surface area contributed by atoms with Crippen molar-refractivity contribution in [3.8, 4) is 22.3 Å². The Balaban J connectivity index is 1.48. The van der Waals surface area contributed by atoms with Crippen LogP contribution in [0.5, 0.6) is 0 Å². The molecule has 0 aromatic heterocycles. The molecule has 134 valence electrons. The highest BCUT2D eigenvalue weighted by Gasteiger charge is 2.26. The first-order chi connectivity index (χ1) is 13.8. The number of fused-ring (bicyclic) bond motifs is 6. The molecule has 2 nitrogen and oxygen atoms in total. The van der Waals surface area contributed by atoms with E-state index in [-0.39, 0.29) is 0 Å². The van der Waals surface area contributed by atoms with Crippen molar-refractivity contribution in [2.45, 2.75) is 12.8 Å². The summed E-state index contributed by atoms with van der Waals surface area (Å²) in [7, 11) is 0. The average molecular weight is 360 g/mol. The minimum Gasteiger partial charge on any atom is -0.279 e. The van der Waals surface area contributed by atoms with Gasteiger partial charge in [-0.05, 0) is 56.6 Å². The summed E-state index contributed by atoms with van der Waals surface area (Å²) in [6.07, 6.45) is 1.87. The molecular weight excluding hydrogens is 340 g/mol. The minimum absolute atomic E-state index is 0.935. The maximum absolute atomic E-state index is 6.77. The Morgan fingerprint density at radius 3 is 1.43 bits per heavy atom. The molecule has 28 heavy (non-hydrogen) atoms. The van der Waals surface area contributed by atoms with Crippen LogP contribution in [0.4, 0.5) is 11.4 Å². The average Bonchev–Trinajstić information content (AvgIpc) is 3.31. The molecule has 0 fully saturated rings. The van der Waals surface area contributed by atoms with Crippen LogP contribution in [-0.4, -0.2) is 0 Å². The van der Waals surface area contributed by atoms with E-state index in [1.54, 1.807) is 0 Å². The molecule has 0 aliphatic heterocycles. The third-order valence-corrected chi connectivity index (χ3v) is 6.17.